The Kier molecular flexibility index (Phi) is 5.76. The van der Waals surface area contributed by atoms with E-state index in [9.17, 15) is 9.90 Å². The Morgan fingerprint density at radius 3 is 2.92 bits per heavy atom. The molecule has 134 valence electrons. The van der Waals surface area contributed by atoms with E-state index in [4.69, 9.17) is 4.74 Å². The minimum atomic E-state index is -0.0852. The van der Waals surface area contributed by atoms with Crippen LogP contribution in [0.25, 0.3) is 10.8 Å². The molecule has 2 amide bonds. The van der Waals surface area contributed by atoms with Crippen LogP contribution in [0.1, 0.15) is 24.8 Å². The van der Waals surface area contributed by atoms with Gasteiger partial charge in [-0.25, -0.2) is 4.79 Å². The zero-order chi connectivity index (χ0) is 17.6. The van der Waals surface area contributed by atoms with E-state index in [1.807, 2.05) is 18.2 Å². The van der Waals surface area contributed by atoms with Crippen LogP contribution < -0.4 is 10.1 Å². The number of nitrogens with zero attached hydrogens (tertiary/aromatic N) is 1. The summed E-state index contributed by atoms with van der Waals surface area (Å²) in [4.78, 5) is 14.2. The molecule has 1 aliphatic heterocycles. The molecule has 0 aromatic heterocycles. The fourth-order valence-electron chi connectivity index (χ4n) is 3.62. The smallest absolute Gasteiger partial charge is 0.317 e. The fourth-order valence-corrected chi connectivity index (χ4v) is 3.62. The van der Waals surface area contributed by atoms with E-state index in [0.717, 1.165) is 36.0 Å². The standard InChI is InChI=1S/C20H26N2O3/c1-25-19-10-9-15-6-2-3-8-17(15)18(19)11-12-21-20(24)22-13-5-4-7-16(22)14-23/h2-3,6,8-10,16,23H,4-5,7,11-14H2,1H3,(H,21,24). The van der Waals surface area contributed by atoms with E-state index in [-0.39, 0.29) is 18.7 Å². The Hall–Kier alpha value is -2.27. The molecule has 1 saturated heterocycles. The number of hydrogen-bond donors (Lipinski definition) is 2. The molecule has 1 aliphatic rings. The number of nitrogens with one attached hydrogen (secondary N) is 1. The van der Waals surface area contributed by atoms with E-state index in [2.05, 4.69) is 23.5 Å². The summed E-state index contributed by atoms with van der Waals surface area (Å²) in [6.07, 6.45) is 3.65. The van der Waals surface area contributed by atoms with Gasteiger partial charge in [0, 0.05) is 18.7 Å². The number of carbonyl (C=O) groups excluding carboxylic acids is 1. The number of aliphatic hydroxyl groups excluding tert-OH is 1. The van der Waals surface area contributed by atoms with Crippen molar-refractivity contribution in [1.29, 1.82) is 0 Å². The van der Waals surface area contributed by atoms with Crippen LogP contribution in [0.15, 0.2) is 36.4 Å². The summed E-state index contributed by atoms with van der Waals surface area (Å²) >= 11 is 0. The lowest BCUT2D eigenvalue weighted by Crippen LogP contribution is -2.50. The van der Waals surface area contributed by atoms with Gasteiger partial charge in [-0.1, -0.05) is 30.3 Å². The molecule has 0 radical (unpaired) electrons. The van der Waals surface area contributed by atoms with Gasteiger partial charge in [0.1, 0.15) is 5.75 Å². The van der Waals surface area contributed by atoms with Crippen molar-refractivity contribution in [2.24, 2.45) is 0 Å². The van der Waals surface area contributed by atoms with Crippen LogP contribution >= 0.6 is 0 Å². The first-order chi connectivity index (χ1) is 12.2. The second kappa shape index (κ2) is 8.21. The van der Waals surface area contributed by atoms with Crippen molar-refractivity contribution in [3.05, 3.63) is 42.0 Å². The molecule has 0 aliphatic carbocycles. The summed E-state index contributed by atoms with van der Waals surface area (Å²) in [7, 11) is 1.67. The highest BCUT2D eigenvalue weighted by Crippen LogP contribution is 2.28. The van der Waals surface area contributed by atoms with E-state index < -0.39 is 0 Å². The third-order valence-electron chi connectivity index (χ3n) is 4.97. The van der Waals surface area contributed by atoms with Gasteiger partial charge in [0.2, 0.25) is 0 Å². The number of carbonyl (C=O) groups is 1. The van der Waals surface area contributed by atoms with Crippen LogP contribution in [0.5, 0.6) is 5.75 Å². The van der Waals surface area contributed by atoms with Crippen molar-refractivity contribution >= 4 is 16.8 Å². The summed E-state index contributed by atoms with van der Waals surface area (Å²) in [6.45, 7) is 1.29. The van der Waals surface area contributed by atoms with Gasteiger partial charge >= 0.3 is 6.03 Å². The Labute approximate surface area is 148 Å². The Morgan fingerprint density at radius 1 is 1.28 bits per heavy atom. The molecule has 1 unspecified atom stereocenters. The molecular formula is C20H26N2O3. The predicted octanol–water partition coefficient (Wildman–Crippen LogP) is 2.95. The average Bonchev–Trinajstić information content (AvgIpc) is 2.67. The number of benzene rings is 2. The number of hydrogen-bond acceptors (Lipinski definition) is 3. The number of ether oxygens (including phenoxy) is 1. The molecule has 1 atom stereocenters. The quantitative estimate of drug-likeness (QED) is 0.878. The molecule has 0 bridgehead atoms. The van der Waals surface area contributed by atoms with Crippen LogP contribution in [-0.4, -0.2) is 48.9 Å². The zero-order valence-electron chi connectivity index (χ0n) is 14.7. The van der Waals surface area contributed by atoms with Crippen LogP contribution in [0.3, 0.4) is 0 Å². The molecule has 5 heteroatoms. The fraction of sp³-hybridized carbons (Fsp3) is 0.450. The first-order valence-electron chi connectivity index (χ1n) is 8.94. The molecule has 2 aromatic rings. The minimum Gasteiger partial charge on any atom is -0.496 e. The van der Waals surface area contributed by atoms with Gasteiger partial charge < -0.3 is 20.1 Å². The van der Waals surface area contributed by atoms with Gasteiger partial charge in [-0.15, -0.1) is 0 Å². The lowest BCUT2D eigenvalue weighted by atomic mass is 10.0. The summed E-state index contributed by atoms with van der Waals surface area (Å²) in [5, 5.41) is 14.8. The lowest BCUT2D eigenvalue weighted by molar-refractivity contribution is 0.108. The van der Waals surface area contributed by atoms with Crippen LogP contribution in [0.2, 0.25) is 0 Å². The molecule has 5 nitrogen and oxygen atoms in total. The number of methoxy groups -OCH3 is 1. The van der Waals surface area contributed by atoms with Crippen molar-refractivity contribution in [2.75, 3.05) is 26.8 Å². The SMILES string of the molecule is COc1ccc2ccccc2c1CCNC(=O)N1CCCCC1CO. The number of rotatable bonds is 5. The summed E-state index contributed by atoms with van der Waals surface area (Å²) in [5.74, 6) is 0.846. The largest absolute Gasteiger partial charge is 0.496 e. The molecule has 3 rings (SSSR count). The average molecular weight is 342 g/mol. The van der Waals surface area contributed by atoms with Crippen LogP contribution in [-0.2, 0) is 6.42 Å². The van der Waals surface area contributed by atoms with Crippen molar-refractivity contribution in [1.82, 2.24) is 10.2 Å². The second-order valence-electron chi connectivity index (χ2n) is 6.48. The van der Waals surface area contributed by atoms with Gasteiger partial charge in [-0.2, -0.15) is 0 Å². The maximum absolute atomic E-state index is 12.4. The molecular weight excluding hydrogens is 316 g/mol. The summed E-state index contributed by atoms with van der Waals surface area (Å²) in [5.41, 5.74) is 1.11. The normalized spacial score (nSPS) is 17.5. The van der Waals surface area contributed by atoms with Crippen LogP contribution in [0.4, 0.5) is 4.79 Å². The van der Waals surface area contributed by atoms with Crippen molar-refractivity contribution in [3.8, 4) is 5.75 Å². The molecule has 0 saturated carbocycles. The van der Waals surface area contributed by atoms with E-state index in [1.165, 1.54) is 5.39 Å². The Balaban J connectivity index is 1.67. The number of piperidine rings is 1. The monoisotopic (exact) mass is 342 g/mol. The number of fused-ring (bicyclic) bond motifs is 1. The molecule has 0 spiro atoms. The Morgan fingerprint density at radius 2 is 2.12 bits per heavy atom. The van der Waals surface area contributed by atoms with Gasteiger partial charge in [0.05, 0.1) is 19.8 Å². The molecule has 2 N–H and O–H groups in total. The molecule has 1 fully saturated rings. The highest BCUT2D eigenvalue weighted by molar-refractivity contribution is 5.87. The maximum Gasteiger partial charge on any atom is 0.317 e. The van der Waals surface area contributed by atoms with Gasteiger partial charge in [0.15, 0.2) is 0 Å². The van der Waals surface area contributed by atoms with E-state index in [1.54, 1.807) is 12.0 Å². The highest BCUT2D eigenvalue weighted by Gasteiger charge is 2.25. The number of urea groups is 1. The van der Waals surface area contributed by atoms with E-state index in [0.29, 0.717) is 19.5 Å². The number of amides is 2. The number of likely N-dealkylation sites (tertiary alicyclic amines) is 1. The third-order valence-corrected chi connectivity index (χ3v) is 4.97. The predicted molar refractivity (Wildman–Crippen MR) is 99.0 cm³/mol. The zero-order valence-corrected chi connectivity index (χ0v) is 14.7. The Bertz CT molecular complexity index is 732. The molecule has 2 aromatic carbocycles. The van der Waals surface area contributed by atoms with E-state index >= 15 is 0 Å². The first-order valence-corrected chi connectivity index (χ1v) is 8.94. The lowest BCUT2D eigenvalue weighted by Gasteiger charge is -2.34. The van der Waals surface area contributed by atoms with Crippen molar-refractivity contribution in [3.63, 3.8) is 0 Å². The minimum absolute atomic E-state index is 0.0323. The van der Waals surface area contributed by atoms with Crippen LogP contribution in [0, 0.1) is 0 Å². The first kappa shape index (κ1) is 17.5. The van der Waals surface area contributed by atoms with Crippen molar-refractivity contribution < 1.29 is 14.6 Å². The third kappa shape index (κ3) is 3.87. The number of aliphatic hydroxyl groups is 1. The highest BCUT2D eigenvalue weighted by atomic mass is 16.5. The summed E-state index contributed by atoms with van der Waals surface area (Å²) < 4.78 is 5.51. The van der Waals surface area contributed by atoms with Gasteiger partial charge in [-0.05, 0) is 42.5 Å². The van der Waals surface area contributed by atoms with Crippen molar-refractivity contribution in [2.45, 2.75) is 31.7 Å². The van der Waals surface area contributed by atoms with Gasteiger partial charge in [0.25, 0.3) is 0 Å². The maximum atomic E-state index is 12.4. The van der Waals surface area contributed by atoms with Gasteiger partial charge in [-0.3, -0.25) is 0 Å². The molecule has 1 heterocycles. The second-order valence-corrected chi connectivity index (χ2v) is 6.48. The molecule has 25 heavy (non-hydrogen) atoms. The topological polar surface area (TPSA) is 61.8 Å². The summed E-state index contributed by atoms with van der Waals surface area (Å²) in [6, 6.07) is 12.1.